The molecule has 11 aromatic rings. The average molecular weight is 694 g/mol. The minimum absolute atomic E-state index is 0.238. The van der Waals surface area contributed by atoms with Gasteiger partial charge in [-0.25, -0.2) is 9.97 Å². The molecule has 0 radical (unpaired) electrons. The highest BCUT2D eigenvalue weighted by Crippen LogP contribution is 2.50. The second-order valence-corrected chi connectivity index (χ2v) is 14.9. The Bertz CT molecular complexity index is 3380. The molecule has 5 heteroatoms. The van der Waals surface area contributed by atoms with Crippen molar-refractivity contribution < 1.29 is 8.83 Å². The number of rotatable bonds is 3. The quantitative estimate of drug-likeness (QED) is 0.185. The molecule has 0 unspecified atom stereocenters. The first-order valence-electron chi connectivity index (χ1n) is 18.4. The summed E-state index contributed by atoms with van der Waals surface area (Å²) < 4.78 is 15.4. The van der Waals surface area contributed by atoms with Gasteiger partial charge in [0.1, 0.15) is 22.3 Å². The summed E-state index contributed by atoms with van der Waals surface area (Å²) >= 11 is 0. The Hall–Kier alpha value is -6.98. The van der Waals surface area contributed by atoms with Crippen molar-refractivity contribution in [3.63, 3.8) is 0 Å². The van der Waals surface area contributed by atoms with Crippen molar-refractivity contribution in [2.75, 3.05) is 0 Å². The topological polar surface area (TPSA) is 57.0 Å². The first kappa shape index (κ1) is 29.6. The zero-order chi connectivity index (χ0) is 35.7. The highest BCUT2D eigenvalue weighted by Gasteiger charge is 2.36. The van der Waals surface area contributed by atoms with Gasteiger partial charge in [0.25, 0.3) is 0 Å². The summed E-state index contributed by atoms with van der Waals surface area (Å²) in [6, 6.07) is 53.3. The van der Waals surface area contributed by atoms with E-state index in [1.807, 2.05) is 30.3 Å². The molecule has 0 atom stereocenters. The molecule has 0 spiro atoms. The molecule has 5 nitrogen and oxygen atoms in total. The molecule has 12 rings (SSSR count). The van der Waals surface area contributed by atoms with Gasteiger partial charge < -0.3 is 13.4 Å². The summed E-state index contributed by atoms with van der Waals surface area (Å²) in [5, 5.41) is 5.45. The lowest BCUT2D eigenvalue weighted by Gasteiger charge is -2.35. The van der Waals surface area contributed by atoms with Crippen LogP contribution < -0.4 is 0 Å². The van der Waals surface area contributed by atoms with Gasteiger partial charge in [0.05, 0.1) is 22.4 Å². The summed E-state index contributed by atoms with van der Waals surface area (Å²) in [5.74, 6) is 0.676. The Morgan fingerprint density at radius 2 is 1.15 bits per heavy atom. The fraction of sp³-hybridized carbons (Fsp3) is 0.0612. The van der Waals surface area contributed by atoms with Crippen molar-refractivity contribution in [2.45, 2.75) is 19.3 Å². The number of hydrogen-bond acceptors (Lipinski definition) is 4. The molecule has 0 saturated carbocycles. The van der Waals surface area contributed by atoms with Crippen LogP contribution in [-0.2, 0) is 5.41 Å². The van der Waals surface area contributed by atoms with E-state index in [4.69, 9.17) is 18.8 Å². The monoisotopic (exact) mass is 693 g/mol. The molecule has 5 heterocycles. The van der Waals surface area contributed by atoms with Gasteiger partial charge in [-0.2, -0.15) is 0 Å². The van der Waals surface area contributed by atoms with Gasteiger partial charge in [-0.15, -0.1) is 0 Å². The van der Waals surface area contributed by atoms with Crippen LogP contribution in [0, 0.1) is 0 Å². The van der Waals surface area contributed by atoms with E-state index in [0.29, 0.717) is 5.82 Å². The molecule has 0 fully saturated rings. The fourth-order valence-corrected chi connectivity index (χ4v) is 9.00. The van der Waals surface area contributed by atoms with Crippen LogP contribution >= 0.6 is 0 Å². The normalized spacial score (nSPS) is 13.5. The lowest BCUT2D eigenvalue weighted by Crippen LogP contribution is -2.26. The Morgan fingerprint density at radius 3 is 2.04 bits per heavy atom. The van der Waals surface area contributed by atoms with Crippen molar-refractivity contribution >= 4 is 65.8 Å². The van der Waals surface area contributed by atoms with Crippen LogP contribution in [0.4, 0.5) is 0 Å². The van der Waals surface area contributed by atoms with Crippen LogP contribution in [0.3, 0.4) is 0 Å². The molecule has 0 amide bonds. The number of nitrogens with zero attached hydrogens (tertiary/aromatic N) is 3. The van der Waals surface area contributed by atoms with Gasteiger partial charge in [-0.1, -0.05) is 111 Å². The van der Waals surface area contributed by atoms with Crippen LogP contribution in [0.1, 0.15) is 25.0 Å². The highest BCUT2D eigenvalue weighted by molar-refractivity contribution is 6.18. The summed E-state index contributed by atoms with van der Waals surface area (Å²) in [5.41, 5.74) is 15.3. The third kappa shape index (κ3) is 3.93. The van der Waals surface area contributed by atoms with Crippen LogP contribution in [0.15, 0.2) is 160 Å². The molecule has 7 aromatic carbocycles. The average Bonchev–Trinajstić information content (AvgIpc) is 3.89. The molecule has 4 aromatic heterocycles. The summed E-state index contributed by atoms with van der Waals surface area (Å²) in [6.07, 6.45) is 0. The molecule has 0 bridgehead atoms. The molecule has 54 heavy (non-hydrogen) atoms. The lowest BCUT2D eigenvalue weighted by atomic mass is 9.74. The smallest absolute Gasteiger partial charge is 0.161 e. The number of furan rings is 2. The van der Waals surface area contributed by atoms with Crippen molar-refractivity contribution in [3.05, 3.63) is 163 Å². The van der Waals surface area contributed by atoms with Crippen molar-refractivity contribution in [2.24, 2.45) is 0 Å². The number of para-hydroxylation sites is 5. The summed E-state index contributed by atoms with van der Waals surface area (Å²) in [4.78, 5) is 10.4. The van der Waals surface area contributed by atoms with Crippen molar-refractivity contribution in [1.29, 1.82) is 0 Å². The third-order valence-corrected chi connectivity index (χ3v) is 11.6. The molecule has 0 saturated heterocycles. The van der Waals surface area contributed by atoms with Crippen LogP contribution in [-0.4, -0.2) is 14.5 Å². The van der Waals surface area contributed by atoms with E-state index < -0.39 is 0 Å². The van der Waals surface area contributed by atoms with Crippen molar-refractivity contribution in [1.82, 2.24) is 14.5 Å². The van der Waals surface area contributed by atoms with E-state index in [1.54, 1.807) is 0 Å². The number of aromatic nitrogens is 3. The number of fused-ring (bicyclic) bond motifs is 11. The molecule has 1 aliphatic heterocycles. The molecule has 0 aliphatic carbocycles. The third-order valence-electron chi connectivity index (χ3n) is 11.6. The van der Waals surface area contributed by atoms with E-state index >= 15 is 0 Å². The molecular weight excluding hydrogens is 663 g/mol. The summed E-state index contributed by atoms with van der Waals surface area (Å²) in [6.45, 7) is 4.68. The van der Waals surface area contributed by atoms with Gasteiger partial charge in [0, 0.05) is 43.5 Å². The highest BCUT2D eigenvalue weighted by atomic mass is 16.3. The Balaban J connectivity index is 1.03. The number of benzene rings is 7. The van der Waals surface area contributed by atoms with E-state index in [-0.39, 0.29) is 5.41 Å². The first-order valence-corrected chi connectivity index (χ1v) is 18.4. The van der Waals surface area contributed by atoms with Gasteiger partial charge in [0.2, 0.25) is 0 Å². The zero-order valence-electron chi connectivity index (χ0n) is 29.6. The maximum atomic E-state index is 6.52. The van der Waals surface area contributed by atoms with E-state index in [0.717, 1.165) is 88.2 Å². The minimum atomic E-state index is -0.238. The van der Waals surface area contributed by atoms with Gasteiger partial charge in [0.15, 0.2) is 11.4 Å². The Labute approximate surface area is 309 Å². The Kier molecular flexibility index (Phi) is 5.78. The SMILES string of the molecule is CC1(C)c2cc(-c3cccc(-c4nc(-c5cccc6c5oc5ccccc56)c5ccccc5n4)c3)ccc2-n2c3c1cccc3c1oc3ccccc3c12. The predicted molar refractivity (Wildman–Crippen MR) is 219 cm³/mol. The molecule has 254 valence electrons. The van der Waals surface area contributed by atoms with Gasteiger partial charge in [-0.3, -0.25) is 0 Å². The number of hydrogen-bond donors (Lipinski definition) is 0. The van der Waals surface area contributed by atoms with E-state index in [2.05, 4.69) is 140 Å². The maximum absolute atomic E-state index is 6.52. The maximum Gasteiger partial charge on any atom is 0.161 e. The van der Waals surface area contributed by atoms with Crippen molar-refractivity contribution in [3.8, 4) is 39.5 Å². The van der Waals surface area contributed by atoms with E-state index in [9.17, 15) is 0 Å². The summed E-state index contributed by atoms with van der Waals surface area (Å²) in [7, 11) is 0. The standard InChI is InChI=1S/C49H31N3O2/c1-49(2)37-20-11-19-36-44(37)52(45-34-16-5-8-23-42(34)54-47(36)45)40-25-24-29(27-38(40)49)28-12-9-13-30(26-28)48-50-39-21-6-3-15-33(39)43(51-48)35-18-10-17-32-31-14-4-7-22-41(31)53-46(32)35/h3-27H,1-2H3. The molecule has 1 aliphatic rings. The van der Waals surface area contributed by atoms with Gasteiger partial charge in [-0.05, 0) is 76.9 Å². The van der Waals surface area contributed by atoms with E-state index in [1.165, 1.54) is 22.3 Å². The molecular formula is C49H31N3O2. The fourth-order valence-electron chi connectivity index (χ4n) is 9.00. The zero-order valence-corrected chi connectivity index (χ0v) is 29.6. The lowest BCUT2D eigenvalue weighted by molar-refractivity contribution is 0.630. The second-order valence-electron chi connectivity index (χ2n) is 14.9. The Morgan fingerprint density at radius 1 is 0.481 bits per heavy atom. The first-order chi connectivity index (χ1) is 26.5. The minimum Gasteiger partial charge on any atom is -0.455 e. The molecule has 0 N–H and O–H groups in total. The largest absolute Gasteiger partial charge is 0.455 e. The predicted octanol–water partition coefficient (Wildman–Crippen LogP) is 13.0. The second kappa shape index (κ2) is 10.6. The van der Waals surface area contributed by atoms with Crippen LogP contribution in [0.25, 0.3) is 105 Å². The van der Waals surface area contributed by atoms with Crippen LogP contribution in [0.2, 0.25) is 0 Å². The van der Waals surface area contributed by atoms with Gasteiger partial charge >= 0.3 is 0 Å². The van der Waals surface area contributed by atoms with Crippen LogP contribution in [0.5, 0.6) is 0 Å².